The van der Waals surface area contributed by atoms with E-state index >= 15 is 0 Å². The number of nitrogens with one attached hydrogen (secondary N) is 1. The summed E-state index contributed by atoms with van der Waals surface area (Å²) in [6, 6.07) is 13.9. The Kier molecular flexibility index (Phi) is 5.90. The van der Waals surface area contributed by atoms with Crippen molar-refractivity contribution in [3.8, 4) is 0 Å². The fourth-order valence-corrected chi connectivity index (χ4v) is 4.50. The number of nitrogens with zero attached hydrogens (tertiary/aromatic N) is 1. The summed E-state index contributed by atoms with van der Waals surface area (Å²) in [5, 5.41) is 2.73. The number of amides is 1. The highest BCUT2D eigenvalue weighted by atomic mass is 79.9. The van der Waals surface area contributed by atoms with Crippen LogP contribution in [0.3, 0.4) is 0 Å². The van der Waals surface area contributed by atoms with E-state index in [1.165, 1.54) is 22.5 Å². The summed E-state index contributed by atoms with van der Waals surface area (Å²) in [6.07, 6.45) is 4.96. The van der Waals surface area contributed by atoms with E-state index in [9.17, 15) is 13.2 Å². The van der Waals surface area contributed by atoms with Crippen LogP contribution in [0.1, 0.15) is 18.4 Å². The summed E-state index contributed by atoms with van der Waals surface area (Å²) in [5.74, 6) is -0.275. The van der Waals surface area contributed by atoms with E-state index in [0.717, 1.165) is 22.9 Å². The molecule has 136 valence electrons. The highest BCUT2D eigenvalue weighted by molar-refractivity contribution is 9.10. The average molecular weight is 435 g/mol. The van der Waals surface area contributed by atoms with E-state index in [2.05, 4.69) is 21.2 Å². The normalized spacial score (nSPS) is 15.4. The van der Waals surface area contributed by atoms with Gasteiger partial charge >= 0.3 is 0 Å². The van der Waals surface area contributed by atoms with E-state index in [-0.39, 0.29) is 10.8 Å². The third-order valence-corrected chi connectivity index (χ3v) is 6.56. The van der Waals surface area contributed by atoms with Crippen molar-refractivity contribution in [3.05, 3.63) is 64.6 Å². The lowest BCUT2D eigenvalue weighted by atomic mass is 10.2. The van der Waals surface area contributed by atoms with Crippen molar-refractivity contribution >= 4 is 43.6 Å². The van der Waals surface area contributed by atoms with Gasteiger partial charge in [-0.15, -0.1) is 0 Å². The molecule has 1 aliphatic rings. The maximum absolute atomic E-state index is 12.5. The molecule has 26 heavy (non-hydrogen) atoms. The first kappa shape index (κ1) is 18.8. The Bertz CT molecular complexity index is 901. The Labute approximate surface area is 161 Å². The molecule has 2 aromatic carbocycles. The first-order valence-electron chi connectivity index (χ1n) is 8.30. The Morgan fingerprint density at radius 2 is 1.62 bits per heavy atom. The van der Waals surface area contributed by atoms with Crippen molar-refractivity contribution in [1.82, 2.24) is 4.31 Å². The van der Waals surface area contributed by atoms with Crippen LogP contribution in [0.4, 0.5) is 5.69 Å². The SMILES string of the molecule is O=C(C=Cc1ccc(Br)cc1)Nc1ccc(S(=O)(=O)N2CCCC2)cc1. The van der Waals surface area contributed by atoms with Crippen LogP contribution in [0.5, 0.6) is 0 Å². The molecule has 1 fully saturated rings. The summed E-state index contributed by atoms with van der Waals surface area (Å²) in [7, 11) is -3.43. The highest BCUT2D eigenvalue weighted by Gasteiger charge is 2.26. The molecule has 1 saturated heterocycles. The molecule has 0 spiro atoms. The van der Waals surface area contributed by atoms with Crippen molar-refractivity contribution in [2.75, 3.05) is 18.4 Å². The van der Waals surface area contributed by atoms with Crippen LogP contribution in [0.2, 0.25) is 0 Å². The maximum Gasteiger partial charge on any atom is 0.248 e. The van der Waals surface area contributed by atoms with Gasteiger partial charge in [-0.2, -0.15) is 4.31 Å². The van der Waals surface area contributed by atoms with Crippen LogP contribution in [0, 0.1) is 0 Å². The van der Waals surface area contributed by atoms with E-state index in [0.29, 0.717) is 18.8 Å². The second kappa shape index (κ2) is 8.16. The van der Waals surface area contributed by atoms with Gasteiger partial charge in [-0.05, 0) is 60.9 Å². The molecule has 1 heterocycles. The van der Waals surface area contributed by atoms with Crippen LogP contribution in [0.15, 0.2) is 64.0 Å². The number of rotatable bonds is 5. The fourth-order valence-electron chi connectivity index (χ4n) is 2.72. The Morgan fingerprint density at radius 1 is 1.00 bits per heavy atom. The predicted octanol–water partition coefficient (Wildman–Crippen LogP) is 3.89. The van der Waals surface area contributed by atoms with Crippen LogP contribution < -0.4 is 5.32 Å². The zero-order valence-corrected chi connectivity index (χ0v) is 16.5. The molecule has 0 unspecified atom stereocenters. The summed E-state index contributed by atoms with van der Waals surface area (Å²) < 4.78 is 27.4. The molecule has 0 radical (unpaired) electrons. The minimum Gasteiger partial charge on any atom is -0.323 e. The third kappa shape index (κ3) is 4.60. The molecule has 0 bridgehead atoms. The topological polar surface area (TPSA) is 66.5 Å². The first-order chi connectivity index (χ1) is 12.4. The predicted molar refractivity (Wildman–Crippen MR) is 106 cm³/mol. The van der Waals surface area contributed by atoms with Crippen molar-refractivity contribution in [1.29, 1.82) is 0 Å². The minimum absolute atomic E-state index is 0.253. The average Bonchev–Trinajstić information content (AvgIpc) is 3.17. The second-order valence-corrected chi connectivity index (χ2v) is 8.86. The molecule has 1 aliphatic heterocycles. The van der Waals surface area contributed by atoms with Gasteiger partial charge in [0.1, 0.15) is 0 Å². The molecule has 0 aromatic heterocycles. The van der Waals surface area contributed by atoms with E-state index < -0.39 is 10.0 Å². The number of halogens is 1. The number of sulfonamides is 1. The summed E-state index contributed by atoms with van der Waals surface area (Å²) in [6.45, 7) is 1.14. The standard InChI is InChI=1S/C19H19BrN2O3S/c20-16-6-3-15(4-7-16)5-12-19(23)21-17-8-10-18(11-9-17)26(24,25)22-13-1-2-14-22/h3-12H,1-2,13-14H2,(H,21,23). The molecule has 2 aromatic rings. The van der Waals surface area contributed by atoms with Gasteiger partial charge in [-0.25, -0.2) is 8.42 Å². The van der Waals surface area contributed by atoms with E-state index in [1.807, 2.05) is 24.3 Å². The van der Waals surface area contributed by atoms with Gasteiger partial charge in [0.2, 0.25) is 15.9 Å². The maximum atomic E-state index is 12.5. The van der Waals surface area contributed by atoms with Gasteiger partial charge in [-0.3, -0.25) is 4.79 Å². The Hall–Kier alpha value is -1.96. The van der Waals surface area contributed by atoms with Crippen molar-refractivity contribution in [2.24, 2.45) is 0 Å². The Balaban J connectivity index is 1.63. The number of hydrogen-bond acceptors (Lipinski definition) is 3. The van der Waals surface area contributed by atoms with Crippen molar-refractivity contribution in [3.63, 3.8) is 0 Å². The summed E-state index contributed by atoms with van der Waals surface area (Å²) in [4.78, 5) is 12.3. The van der Waals surface area contributed by atoms with Gasteiger partial charge in [0.25, 0.3) is 0 Å². The minimum atomic E-state index is -3.43. The number of carbonyl (C=O) groups is 1. The lowest BCUT2D eigenvalue weighted by Gasteiger charge is -2.15. The zero-order chi connectivity index (χ0) is 18.6. The molecule has 0 saturated carbocycles. The van der Waals surface area contributed by atoms with Gasteiger partial charge in [0.05, 0.1) is 4.90 Å². The molecule has 3 rings (SSSR count). The van der Waals surface area contributed by atoms with Crippen LogP contribution in [-0.2, 0) is 14.8 Å². The van der Waals surface area contributed by atoms with Crippen LogP contribution in [0.25, 0.3) is 6.08 Å². The highest BCUT2D eigenvalue weighted by Crippen LogP contribution is 2.22. The number of hydrogen-bond donors (Lipinski definition) is 1. The van der Waals surface area contributed by atoms with Gasteiger partial charge in [-0.1, -0.05) is 28.1 Å². The molecular formula is C19H19BrN2O3S. The third-order valence-electron chi connectivity index (χ3n) is 4.12. The lowest BCUT2D eigenvalue weighted by Crippen LogP contribution is -2.27. The molecule has 0 atom stereocenters. The molecule has 1 amide bonds. The quantitative estimate of drug-likeness (QED) is 0.725. The number of benzene rings is 2. The van der Waals surface area contributed by atoms with Crippen LogP contribution >= 0.6 is 15.9 Å². The van der Waals surface area contributed by atoms with Gasteiger partial charge in [0.15, 0.2) is 0 Å². The van der Waals surface area contributed by atoms with Gasteiger partial charge < -0.3 is 5.32 Å². The van der Waals surface area contributed by atoms with Crippen molar-refractivity contribution in [2.45, 2.75) is 17.7 Å². The van der Waals surface area contributed by atoms with Crippen LogP contribution in [-0.4, -0.2) is 31.7 Å². The lowest BCUT2D eigenvalue weighted by molar-refractivity contribution is -0.111. The molecular weight excluding hydrogens is 416 g/mol. The Morgan fingerprint density at radius 3 is 2.23 bits per heavy atom. The zero-order valence-electron chi connectivity index (χ0n) is 14.1. The summed E-state index contributed by atoms with van der Waals surface area (Å²) in [5.41, 5.74) is 1.46. The fraction of sp³-hybridized carbons (Fsp3) is 0.211. The molecule has 1 N–H and O–H groups in total. The molecule has 0 aliphatic carbocycles. The molecule has 7 heteroatoms. The molecule has 5 nitrogen and oxygen atoms in total. The second-order valence-electron chi connectivity index (χ2n) is 6.01. The van der Waals surface area contributed by atoms with Gasteiger partial charge in [0, 0.05) is 29.3 Å². The monoisotopic (exact) mass is 434 g/mol. The smallest absolute Gasteiger partial charge is 0.248 e. The number of anilines is 1. The summed E-state index contributed by atoms with van der Waals surface area (Å²) >= 11 is 3.36. The number of carbonyl (C=O) groups excluding carboxylic acids is 1. The van der Waals surface area contributed by atoms with E-state index in [1.54, 1.807) is 18.2 Å². The largest absolute Gasteiger partial charge is 0.323 e. The van der Waals surface area contributed by atoms with Crippen molar-refractivity contribution < 1.29 is 13.2 Å². The van der Waals surface area contributed by atoms with E-state index in [4.69, 9.17) is 0 Å². The first-order valence-corrected chi connectivity index (χ1v) is 10.5.